The van der Waals surface area contributed by atoms with Crippen molar-refractivity contribution in [3.63, 3.8) is 0 Å². The van der Waals surface area contributed by atoms with Gasteiger partial charge in [-0.3, -0.25) is 0 Å². The van der Waals surface area contributed by atoms with Crippen molar-refractivity contribution in [1.82, 2.24) is 0 Å². The van der Waals surface area contributed by atoms with Crippen LogP contribution in [0.1, 0.15) is 0 Å². The van der Waals surface area contributed by atoms with Gasteiger partial charge in [0, 0.05) is 6.54 Å². The molecule has 0 radical (unpaired) electrons. The largest absolute Gasteiger partial charge is 0.394 e. The van der Waals surface area contributed by atoms with E-state index in [1.165, 1.54) is 0 Å². The van der Waals surface area contributed by atoms with Crippen molar-refractivity contribution >= 4 is 0 Å². The van der Waals surface area contributed by atoms with Gasteiger partial charge in [-0.15, -0.1) is 0 Å². The lowest BCUT2D eigenvalue weighted by atomic mass is 9.98. The van der Waals surface area contributed by atoms with E-state index in [0.29, 0.717) is 0 Å². The third kappa shape index (κ3) is 3.50. The number of nitrogens with two attached hydrogens (primary N) is 1. The van der Waals surface area contributed by atoms with E-state index in [-0.39, 0.29) is 13.2 Å². The third-order valence-electron chi connectivity index (χ3n) is 5.38. The van der Waals surface area contributed by atoms with Gasteiger partial charge in [-0.05, 0) is 0 Å². The van der Waals surface area contributed by atoms with Crippen LogP contribution in [-0.4, -0.2) is 123 Å². The lowest BCUT2D eigenvalue weighted by molar-refractivity contribution is -0.350. The molecule has 0 spiro atoms. The first-order valence-electron chi connectivity index (χ1n) is 8.75. The van der Waals surface area contributed by atoms with Crippen molar-refractivity contribution in [2.45, 2.75) is 60.9 Å². The second-order valence-electron chi connectivity index (χ2n) is 6.99. The molecule has 1 saturated carbocycles. The lowest BCUT2D eigenvalue weighted by Gasteiger charge is -2.44. The van der Waals surface area contributed by atoms with Gasteiger partial charge in [-0.25, -0.2) is 0 Å². The van der Waals surface area contributed by atoms with Crippen LogP contribution >= 0.6 is 0 Å². The highest BCUT2D eigenvalue weighted by Crippen LogP contribution is 2.54. The molecular formula is C15H27NO11. The molecule has 9 N–H and O–H groups in total. The molecule has 12 nitrogen and oxygen atoms in total. The molecule has 0 aromatic carbocycles. The molecule has 0 bridgehead atoms. The normalized spacial score (nSPS) is 52.4. The fraction of sp³-hybridized carbons (Fsp3) is 1.00. The van der Waals surface area contributed by atoms with Gasteiger partial charge in [0.05, 0.1) is 31.8 Å². The Balaban J connectivity index is 1.73. The van der Waals surface area contributed by atoms with Crippen LogP contribution in [-0.2, 0) is 18.9 Å². The molecule has 0 amide bonds. The third-order valence-corrected chi connectivity index (χ3v) is 5.38. The first-order valence-corrected chi connectivity index (χ1v) is 8.75. The van der Waals surface area contributed by atoms with Crippen molar-refractivity contribution in [3.05, 3.63) is 0 Å². The quantitative estimate of drug-likeness (QED) is 0.203. The summed E-state index contributed by atoms with van der Waals surface area (Å²) in [6.45, 7) is -1.05. The lowest BCUT2D eigenvalue weighted by Crippen LogP contribution is -2.62. The molecule has 0 aromatic rings. The van der Waals surface area contributed by atoms with Crippen molar-refractivity contribution in [3.8, 4) is 0 Å². The minimum absolute atomic E-state index is 0.0408. The zero-order valence-corrected chi connectivity index (χ0v) is 14.4. The smallest absolute Gasteiger partial charge is 0.186 e. The van der Waals surface area contributed by atoms with Gasteiger partial charge < -0.3 is 60.4 Å². The van der Waals surface area contributed by atoms with E-state index in [1.807, 2.05) is 0 Å². The standard InChI is InChI=1S/C15H27NO11/c16-1-2-24-13-10(21)11(8(19)5(3-17)25-13)27-14-9(20)7-12(22)15(7,23)6(4-18)26-14/h5-14,17-23H,1-4,16H2/t5?,6?,7?,8-,9?,10?,11?,12?,13+,14+,15?/m0/s1. The van der Waals surface area contributed by atoms with Crippen molar-refractivity contribution in [2.24, 2.45) is 11.7 Å². The second kappa shape index (κ2) is 8.10. The van der Waals surface area contributed by atoms with Crippen LogP contribution < -0.4 is 5.73 Å². The van der Waals surface area contributed by atoms with Gasteiger partial charge >= 0.3 is 0 Å². The van der Waals surface area contributed by atoms with E-state index in [9.17, 15) is 35.7 Å². The summed E-state index contributed by atoms with van der Waals surface area (Å²) in [5.74, 6) is -1.01. The molecule has 2 heterocycles. The van der Waals surface area contributed by atoms with E-state index in [0.717, 1.165) is 0 Å². The maximum Gasteiger partial charge on any atom is 0.186 e. The molecule has 27 heavy (non-hydrogen) atoms. The van der Waals surface area contributed by atoms with Crippen LogP contribution in [0.3, 0.4) is 0 Å². The van der Waals surface area contributed by atoms with Crippen molar-refractivity contribution < 1.29 is 54.7 Å². The predicted molar refractivity (Wildman–Crippen MR) is 83.8 cm³/mol. The molecule has 8 unspecified atom stereocenters. The molecule has 12 heteroatoms. The second-order valence-corrected chi connectivity index (χ2v) is 6.99. The minimum Gasteiger partial charge on any atom is -0.394 e. The number of ether oxygens (including phenoxy) is 4. The Kier molecular flexibility index (Phi) is 6.37. The van der Waals surface area contributed by atoms with Gasteiger partial charge in [0.2, 0.25) is 0 Å². The van der Waals surface area contributed by atoms with Crippen LogP contribution in [0, 0.1) is 5.92 Å². The van der Waals surface area contributed by atoms with E-state index in [2.05, 4.69) is 0 Å². The first-order chi connectivity index (χ1) is 12.8. The average molecular weight is 397 g/mol. The SMILES string of the molecule is NCCO[C@@H]1OC(CO)[C@H](O)C(O[C@H]2OC(CO)C3(O)C(O)C3C2O)C1O. The molecule has 3 fully saturated rings. The number of aliphatic hydroxyl groups is 7. The Labute approximate surface area is 154 Å². The van der Waals surface area contributed by atoms with Crippen LogP contribution in [0.5, 0.6) is 0 Å². The van der Waals surface area contributed by atoms with Crippen LogP contribution in [0.4, 0.5) is 0 Å². The van der Waals surface area contributed by atoms with Gasteiger partial charge in [-0.1, -0.05) is 0 Å². The molecule has 2 aliphatic heterocycles. The van der Waals surface area contributed by atoms with Crippen LogP contribution in [0.15, 0.2) is 0 Å². The Morgan fingerprint density at radius 3 is 2.22 bits per heavy atom. The maximum absolute atomic E-state index is 10.4. The first kappa shape index (κ1) is 21.2. The maximum atomic E-state index is 10.4. The number of fused-ring (bicyclic) bond motifs is 1. The minimum atomic E-state index is -1.79. The summed E-state index contributed by atoms with van der Waals surface area (Å²) >= 11 is 0. The van der Waals surface area contributed by atoms with E-state index in [1.54, 1.807) is 0 Å². The molecule has 2 saturated heterocycles. The molecule has 11 atom stereocenters. The van der Waals surface area contributed by atoms with Crippen LogP contribution in [0.2, 0.25) is 0 Å². The fourth-order valence-corrected chi connectivity index (χ4v) is 3.78. The van der Waals surface area contributed by atoms with E-state index >= 15 is 0 Å². The van der Waals surface area contributed by atoms with Gasteiger partial charge in [-0.2, -0.15) is 0 Å². The monoisotopic (exact) mass is 397 g/mol. The summed E-state index contributed by atoms with van der Waals surface area (Å²) in [5, 5.41) is 70.0. The summed E-state index contributed by atoms with van der Waals surface area (Å²) in [6.07, 6.45) is -12.3. The van der Waals surface area contributed by atoms with Gasteiger partial charge in [0.15, 0.2) is 12.6 Å². The van der Waals surface area contributed by atoms with Crippen LogP contribution in [0.25, 0.3) is 0 Å². The Bertz CT molecular complexity index is 508. The van der Waals surface area contributed by atoms with E-state index in [4.69, 9.17) is 24.7 Å². The predicted octanol–water partition coefficient (Wildman–Crippen LogP) is -5.41. The summed E-state index contributed by atoms with van der Waals surface area (Å²) in [6, 6.07) is 0. The molecule has 0 aromatic heterocycles. The summed E-state index contributed by atoms with van der Waals surface area (Å²) in [7, 11) is 0. The summed E-state index contributed by atoms with van der Waals surface area (Å²) in [4.78, 5) is 0. The van der Waals surface area contributed by atoms with E-state index < -0.39 is 80.0 Å². The Morgan fingerprint density at radius 1 is 0.926 bits per heavy atom. The molecule has 1 aliphatic carbocycles. The Morgan fingerprint density at radius 2 is 1.63 bits per heavy atom. The van der Waals surface area contributed by atoms with Gasteiger partial charge in [0.1, 0.15) is 42.2 Å². The van der Waals surface area contributed by atoms with Crippen molar-refractivity contribution in [1.29, 1.82) is 0 Å². The Hall–Kier alpha value is -0.480. The zero-order chi connectivity index (χ0) is 19.9. The zero-order valence-electron chi connectivity index (χ0n) is 14.4. The highest BCUT2D eigenvalue weighted by molar-refractivity contribution is 5.22. The molecule has 158 valence electrons. The summed E-state index contributed by atoms with van der Waals surface area (Å²) in [5.41, 5.74) is 3.56. The van der Waals surface area contributed by atoms with Gasteiger partial charge in [0.25, 0.3) is 0 Å². The molecule has 3 aliphatic rings. The number of rotatable bonds is 7. The highest BCUT2D eigenvalue weighted by atomic mass is 16.7. The number of aliphatic hydroxyl groups excluding tert-OH is 6. The number of hydrogen-bond donors (Lipinski definition) is 8. The summed E-state index contributed by atoms with van der Waals surface area (Å²) < 4.78 is 21.4. The van der Waals surface area contributed by atoms with Crippen molar-refractivity contribution in [2.75, 3.05) is 26.4 Å². The topological polar surface area (TPSA) is 205 Å². The molecule has 3 rings (SSSR count). The average Bonchev–Trinajstić information content (AvgIpc) is 3.22. The highest BCUT2D eigenvalue weighted by Gasteiger charge is 2.75. The number of hydrogen-bond acceptors (Lipinski definition) is 12. The molecular weight excluding hydrogens is 370 g/mol. The fourth-order valence-electron chi connectivity index (χ4n) is 3.78.